The van der Waals surface area contributed by atoms with Gasteiger partial charge in [-0.25, -0.2) is 4.79 Å². The third-order valence-corrected chi connectivity index (χ3v) is 5.52. The minimum atomic E-state index is -1.18. The van der Waals surface area contributed by atoms with E-state index in [-0.39, 0.29) is 12.5 Å². The Hall–Kier alpha value is -4.42. The van der Waals surface area contributed by atoms with Crippen molar-refractivity contribution in [2.45, 2.75) is 19.0 Å². The summed E-state index contributed by atoms with van der Waals surface area (Å²) in [7, 11) is 0. The zero-order chi connectivity index (χ0) is 22.0. The van der Waals surface area contributed by atoms with Crippen molar-refractivity contribution in [2.75, 3.05) is 0 Å². The number of hydrogen-bond donors (Lipinski definition) is 1. The summed E-state index contributed by atoms with van der Waals surface area (Å²) in [5.41, 5.74) is 3.03. The van der Waals surface area contributed by atoms with Crippen molar-refractivity contribution in [3.05, 3.63) is 95.1 Å². The van der Waals surface area contributed by atoms with Gasteiger partial charge in [0.1, 0.15) is 5.54 Å². The molecule has 0 saturated carbocycles. The average molecular weight is 406 g/mol. The van der Waals surface area contributed by atoms with Gasteiger partial charge in [-0.05, 0) is 47.4 Å². The van der Waals surface area contributed by atoms with E-state index in [4.69, 9.17) is 5.26 Å². The zero-order valence-corrected chi connectivity index (χ0v) is 16.8. The lowest BCUT2D eigenvalue weighted by Crippen LogP contribution is -2.40. The maximum Gasteiger partial charge on any atom is 0.325 e. The van der Waals surface area contributed by atoms with Gasteiger partial charge in [0, 0.05) is 0 Å². The lowest BCUT2D eigenvalue weighted by molar-refractivity contribution is -0.131. The highest BCUT2D eigenvalue weighted by Gasteiger charge is 2.48. The summed E-state index contributed by atoms with van der Waals surface area (Å²) in [6, 6.07) is 25.2. The van der Waals surface area contributed by atoms with Crippen LogP contribution in [0.2, 0.25) is 0 Å². The maximum atomic E-state index is 13.1. The van der Waals surface area contributed by atoms with Crippen LogP contribution in [0.1, 0.15) is 29.2 Å². The zero-order valence-electron chi connectivity index (χ0n) is 16.8. The predicted molar refractivity (Wildman–Crippen MR) is 114 cm³/mol. The smallest absolute Gasteiger partial charge is 0.319 e. The number of nitrogens with one attached hydrogen (secondary N) is 1. The van der Waals surface area contributed by atoms with Crippen LogP contribution in [-0.4, -0.2) is 16.8 Å². The monoisotopic (exact) mass is 406 g/mol. The Labute approximate surface area is 180 Å². The Morgan fingerprint density at radius 3 is 2.23 bits per heavy atom. The summed E-state index contributed by atoms with van der Waals surface area (Å²) in [5.74, 6) is -0.346. The summed E-state index contributed by atoms with van der Waals surface area (Å²) < 4.78 is 0. The number of carbonyl (C=O) groups is 2. The predicted octanol–water partition coefficient (Wildman–Crippen LogP) is 4.06. The lowest BCUT2D eigenvalue weighted by Gasteiger charge is -2.22. The van der Waals surface area contributed by atoms with E-state index in [9.17, 15) is 14.9 Å². The van der Waals surface area contributed by atoms with Gasteiger partial charge in [0.25, 0.3) is 5.91 Å². The van der Waals surface area contributed by atoms with E-state index in [0.29, 0.717) is 16.7 Å². The van der Waals surface area contributed by atoms with E-state index >= 15 is 0 Å². The van der Waals surface area contributed by atoms with Gasteiger partial charge in [0.15, 0.2) is 0 Å². The third kappa shape index (κ3) is 3.52. The van der Waals surface area contributed by atoms with Gasteiger partial charge in [-0.2, -0.15) is 10.5 Å². The SMILES string of the molecule is CC1(c2ccc(C#N)cc2)NC(=O)N(Cc2ccc(-c3ccccc3C#N)cc2)C1=O. The van der Waals surface area contributed by atoms with Gasteiger partial charge in [-0.15, -0.1) is 0 Å². The van der Waals surface area contributed by atoms with E-state index in [1.807, 2.05) is 48.5 Å². The molecule has 0 aliphatic carbocycles. The van der Waals surface area contributed by atoms with Gasteiger partial charge in [0.05, 0.1) is 29.8 Å². The number of urea groups is 1. The van der Waals surface area contributed by atoms with Gasteiger partial charge < -0.3 is 5.32 Å². The quantitative estimate of drug-likeness (QED) is 0.661. The summed E-state index contributed by atoms with van der Waals surface area (Å²) in [6.07, 6.45) is 0. The Balaban J connectivity index is 1.55. The van der Waals surface area contributed by atoms with Crippen LogP contribution in [0.25, 0.3) is 11.1 Å². The van der Waals surface area contributed by atoms with Crippen molar-refractivity contribution < 1.29 is 9.59 Å². The van der Waals surface area contributed by atoms with Crippen molar-refractivity contribution in [1.82, 2.24) is 10.2 Å². The first-order chi connectivity index (χ1) is 15.0. The highest BCUT2D eigenvalue weighted by molar-refractivity contribution is 6.07. The molecule has 6 heteroatoms. The Morgan fingerprint density at radius 2 is 1.58 bits per heavy atom. The van der Waals surface area contributed by atoms with E-state index in [1.54, 1.807) is 37.3 Å². The first kappa shape index (κ1) is 19.9. The molecule has 1 aliphatic rings. The molecule has 1 atom stereocenters. The molecule has 0 aromatic heterocycles. The number of nitriles is 2. The molecule has 1 aliphatic heterocycles. The largest absolute Gasteiger partial charge is 0.325 e. The van der Waals surface area contributed by atoms with Crippen LogP contribution in [0, 0.1) is 22.7 Å². The van der Waals surface area contributed by atoms with Gasteiger partial charge in [-0.3, -0.25) is 9.69 Å². The number of carbonyl (C=O) groups excluding carboxylic acids is 2. The molecule has 3 aromatic carbocycles. The molecule has 0 spiro atoms. The average Bonchev–Trinajstić information content (AvgIpc) is 3.03. The molecule has 3 aromatic rings. The van der Waals surface area contributed by atoms with Crippen LogP contribution in [0.15, 0.2) is 72.8 Å². The fourth-order valence-electron chi connectivity index (χ4n) is 3.72. The molecular weight excluding hydrogens is 388 g/mol. The number of rotatable bonds is 4. The molecule has 1 unspecified atom stereocenters. The first-order valence-corrected chi connectivity index (χ1v) is 9.69. The van der Waals surface area contributed by atoms with E-state index in [1.165, 1.54) is 4.90 Å². The molecule has 1 heterocycles. The standard InChI is InChI=1S/C25H18N4O2/c1-25(21-12-8-17(14-26)9-13-21)23(30)29(24(31)28-25)16-18-6-10-19(11-7-18)22-5-3-2-4-20(22)15-27/h2-13H,16H2,1H3,(H,28,31). The minimum Gasteiger partial charge on any atom is -0.319 e. The van der Waals surface area contributed by atoms with Crippen LogP contribution in [-0.2, 0) is 16.9 Å². The minimum absolute atomic E-state index is 0.136. The Kier molecular flexibility index (Phi) is 4.99. The highest BCUT2D eigenvalue weighted by atomic mass is 16.2. The maximum absolute atomic E-state index is 13.1. The highest BCUT2D eigenvalue weighted by Crippen LogP contribution is 2.30. The van der Waals surface area contributed by atoms with Crippen LogP contribution in [0.3, 0.4) is 0 Å². The van der Waals surface area contributed by atoms with Gasteiger partial charge in [-0.1, -0.05) is 54.6 Å². The van der Waals surface area contributed by atoms with Crippen LogP contribution >= 0.6 is 0 Å². The third-order valence-electron chi connectivity index (χ3n) is 5.52. The molecule has 3 amide bonds. The van der Waals surface area contributed by atoms with Crippen LogP contribution in [0.5, 0.6) is 0 Å². The molecule has 4 rings (SSSR count). The molecule has 150 valence electrons. The fraction of sp³-hybridized carbons (Fsp3) is 0.120. The number of hydrogen-bond acceptors (Lipinski definition) is 4. The van der Waals surface area contributed by atoms with E-state index < -0.39 is 11.6 Å². The number of nitrogens with zero attached hydrogens (tertiary/aromatic N) is 3. The lowest BCUT2D eigenvalue weighted by atomic mass is 9.91. The summed E-state index contributed by atoms with van der Waals surface area (Å²) in [6.45, 7) is 1.80. The molecular formula is C25H18N4O2. The first-order valence-electron chi connectivity index (χ1n) is 9.69. The fourth-order valence-corrected chi connectivity index (χ4v) is 3.72. The van der Waals surface area contributed by atoms with Crippen molar-refractivity contribution in [1.29, 1.82) is 10.5 Å². The number of amides is 3. The molecule has 1 N–H and O–H groups in total. The van der Waals surface area contributed by atoms with Crippen molar-refractivity contribution in [2.24, 2.45) is 0 Å². The summed E-state index contributed by atoms with van der Waals surface area (Å²) >= 11 is 0. The number of imide groups is 1. The molecule has 31 heavy (non-hydrogen) atoms. The van der Waals surface area contributed by atoms with Gasteiger partial charge >= 0.3 is 6.03 Å². The summed E-state index contributed by atoms with van der Waals surface area (Å²) in [4.78, 5) is 26.9. The second kappa shape index (κ2) is 7.78. The van der Waals surface area contributed by atoms with Crippen molar-refractivity contribution in [3.8, 4) is 23.3 Å². The normalized spacial score (nSPS) is 17.7. The molecule has 6 nitrogen and oxygen atoms in total. The second-order valence-corrected chi connectivity index (χ2v) is 7.49. The van der Waals surface area contributed by atoms with E-state index in [2.05, 4.69) is 11.4 Å². The molecule has 1 fully saturated rings. The van der Waals surface area contributed by atoms with Crippen LogP contribution in [0.4, 0.5) is 4.79 Å². The Morgan fingerprint density at radius 1 is 0.903 bits per heavy atom. The molecule has 0 radical (unpaired) electrons. The van der Waals surface area contributed by atoms with Crippen molar-refractivity contribution in [3.63, 3.8) is 0 Å². The second-order valence-electron chi connectivity index (χ2n) is 7.49. The van der Waals surface area contributed by atoms with E-state index in [0.717, 1.165) is 16.7 Å². The number of benzene rings is 3. The van der Waals surface area contributed by atoms with Crippen LogP contribution < -0.4 is 5.32 Å². The van der Waals surface area contributed by atoms with Gasteiger partial charge in [0.2, 0.25) is 0 Å². The van der Waals surface area contributed by atoms with Crippen molar-refractivity contribution >= 4 is 11.9 Å². The topological polar surface area (TPSA) is 97.0 Å². The molecule has 1 saturated heterocycles. The summed E-state index contributed by atoms with van der Waals surface area (Å²) in [5, 5.41) is 21.0. The molecule has 0 bridgehead atoms. The Bertz CT molecular complexity index is 1250.